The number of nitrogens with zero attached hydrogens (tertiary/aromatic N) is 1. The molecule has 104 valence electrons. The van der Waals surface area contributed by atoms with E-state index >= 15 is 0 Å². The molecular formula is C14H18BrFN2O. The number of nitrogen functional groups attached to an aromatic ring is 1. The van der Waals surface area contributed by atoms with E-state index in [9.17, 15) is 9.18 Å². The molecule has 1 aliphatic heterocycles. The first-order valence-electron chi connectivity index (χ1n) is 6.47. The van der Waals surface area contributed by atoms with Crippen LogP contribution in [0.4, 0.5) is 10.1 Å². The second-order valence-corrected chi connectivity index (χ2v) is 6.07. The molecule has 5 heteroatoms. The van der Waals surface area contributed by atoms with E-state index in [4.69, 9.17) is 5.73 Å². The summed E-state index contributed by atoms with van der Waals surface area (Å²) in [4.78, 5) is 14.4. The number of piperidine rings is 1. The fourth-order valence-corrected chi connectivity index (χ4v) is 2.99. The summed E-state index contributed by atoms with van der Waals surface area (Å²) in [5, 5.41) is 0. The molecule has 0 spiro atoms. The van der Waals surface area contributed by atoms with Crippen molar-refractivity contribution >= 4 is 27.5 Å². The number of nitrogens with two attached hydrogens (primary N) is 1. The van der Waals surface area contributed by atoms with Gasteiger partial charge in [-0.3, -0.25) is 4.79 Å². The normalized spacial score (nSPS) is 23.5. The van der Waals surface area contributed by atoms with Gasteiger partial charge in [0.25, 0.3) is 5.91 Å². The van der Waals surface area contributed by atoms with Gasteiger partial charge >= 0.3 is 0 Å². The van der Waals surface area contributed by atoms with Crippen molar-refractivity contribution in [1.29, 1.82) is 0 Å². The minimum atomic E-state index is -0.511. The maximum Gasteiger partial charge on any atom is 0.255 e. The Morgan fingerprint density at radius 1 is 1.47 bits per heavy atom. The number of carbonyl (C=O) groups excluding carboxylic acids is 1. The lowest BCUT2D eigenvalue weighted by molar-refractivity contribution is 0.0550. The second-order valence-electron chi connectivity index (χ2n) is 5.21. The summed E-state index contributed by atoms with van der Waals surface area (Å²) < 4.78 is 13.8. The Bertz CT molecular complexity index is 506. The van der Waals surface area contributed by atoms with Crippen molar-refractivity contribution in [3.05, 3.63) is 28.0 Å². The second kappa shape index (κ2) is 5.49. The van der Waals surface area contributed by atoms with E-state index in [1.54, 1.807) is 0 Å². The van der Waals surface area contributed by atoms with Crippen LogP contribution < -0.4 is 5.73 Å². The minimum absolute atomic E-state index is 0.00395. The fraction of sp³-hybridized carbons (Fsp3) is 0.500. The van der Waals surface area contributed by atoms with Crippen LogP contribution in [0.1, 0.15) is 37.0 Å². The van der Waals surface area contributed by atoms with Gasteiger partial charge in [0.2, 0.25) is 0 Å². The van der Waals surface area contributed by atoms with Crippen molar-refractivity contribution in [3.8, 4) is 0 Å². The van der Waals surface area contributed by atoms with Crippen molar-refractivity contribution < 1.29 is 9.18 Å². The minimum Gasteiger partial charge on any atom is -0.396 e. The maximum absolute atomic E-state index is 13.3. The summed E-state index contributed by atoms with van der Waals surface area (Å²) in [5.41, 5.74) is 5.99. The van der Waals surface area contributed by atoms with Crippen LogP contribution in [0.3, 0.4) is 0 Å². The zero-order valence-electron chi connectivity index (χ0n) is 11.1. The Morgan fingerprint density at radius 2 is 2.16 bits per heavy atom. The van der Waals surface area contributed by atoms with Crippen LogP contribution >= 0.6 is 15.9 Å². The molecule has 1 fully saturated rings. The molecule has 2 rings (SSSR count). The highest BCUT2D eigenvalue weighted by Crippen LogP contribution is 2.28. The molecule has 2 atom stereocenters. The number of anilines is 1. The molecule has 1 aromatic rings. The zero-order chi connectivity index (χ0) is 14.2. The van der Waals surface area contributed by atoms with Crippen molar-refractivity contribution in [1.82, 2.24) is 4.90 Å². The fourth-order valence-electron chi connectivity index (χ4n) is 2.51. The molecule has 0 saturated carbocycles. The Kier molecular flexibility index (Phi) is 4.13. The number of benzene rings is 1. The number of hydrogen-bond acceptors (Lipinski definition) is 2. The molecule has 1 amide bonds. The standard InChI is InChI=1S/C14H18BrFN2O/c1-8-4-3-5-18(9(8)2)14(19)10-6-13(17)12(16)7-11(10)15/h6-9H,3-5,17H2,1-2H3. The van der Waals surface area contributed by atoms with E-state index in [-0.39, 0.29) is 17.6 Å². The molecule has 1 heterocycles. The van der Waals surface area contributed by atoms with Gasteiger partial charge in [0.05, 0.1) is 11.3 Å². The highest BCUT2D eigenvalue weighted by atomic mass is 79.9. The van der Waals surface area contributed by atoms with Gasteiger partial charge in [0.1, 0.15) is 5.82 Å². The molecule has 1 aliphatic rings. The van der Waals surface area contributed by atoms with Gasteiger partial charge < -0.3 is 10.6 Å². The van der Waals surface area contributed by atoms with E-state index < -0.39 is 5.82 Å². The average Bonchev–Trinajstić information content (AvgIpc) is 2.36. The van der Waals surface area contributed by atoms with Crippen LogP contribution in [-0.4, -0.2) is 23.4 Å². The van der Waals surface area contributed by atoms with Crippen molar-refractivity contribution in [2.24, 2.45) is 5.92 Å². The average molecular weight is 329 g/mol. The summed E-state index contributed by atoms with van der Waals surface area (Å²) in [6.07, 6.45) is 2.14. The first-order chi connectivity index (χ1) is 8.91. The molecule has 1 aromatic carbocycles. The number of hydrogen-bond donors (Lipinski definition) is 1. The predicted octanol–water partition coefficient (Wildman–Crippen LogP) is 3.43. The molecule has 0 radical (unpaired) electrons. The molecule has 1 saturated heterocycles. The lowest BCUT2D eigenvalue weighted by Gasteiger charge is -2.38. The largest absolute Gasteiger partial charge is 0.396 e. The lowest BCUT2D eigenvalue weighted by atomic mass is 9.91. The molecular weight excluding hydrogens is 311 g/mol. The molecule has 0 aliphatic carbocycles. The SMILES string of the molecule is CC1CCCN(C(=O)c2cc(N)c(F)cc2Br)C1C. The van der Waals surface area contributed by atoms with Gasteiger partial charge in [0, 0.05) is 17.1 Å². The van der Waals surface area contributed by atoms with Gasteiger partial charge in [-0.25, -0.2) is 4.39 Å². The van der Waals surface area contributed by atoms with Gasteiger partial charge in [-0.2, -0.15) is 0 Å². The van der Waals surface area contributed by atoms with Crippen molar-refractivity contribution in [3.63, 3.8) is 0 Å². The third-order valence-corrected chi connectivity index (χ3v) is 4.61. The Balaban J connectivity index is 2.31. The van der Waals surface area contributed by atoms with Gasteiger partial charge in [0.15, 0.2) is 0 Å². The van der Waals surface area contributed by atoms with Crippen LogP contribution in [0.15, 0.2) is 16.6 Å². The molecule has 0 bridgehead atoms. The van der Waals surface area contributed by atoms with E-state index in [0.29, 0.717) is 16.0 Å². The summed E-state index contributed by atoms with van der Waals surface area (Å²) in [5.74, 6) is -0.115. The Labute approximate surface area is 121 Å². The van der Waals surface area contributed by atoms with Crippen LogP contribution in [-0.2, 0) is 0 Å². The molecule has 0 aromatic heterocycles. The van der Waals surface area contributed by atoms with Crippen LogP contribution in [0.5, 0.6) is 0 Å². The summed E-state index contributed by atoms with van der Waals surface area (Å²) in [6.45, 7) is 4.95. The first kappa shape index (κ1) is 14.3. The number of carbonyl (C=O) groups is 1. The van der Waals surface area contributed by atoms with Crippen LogP contribution in [0.2, 0.25) is 0 Å². The monoisotopic (exact) mass is 328 g/mol. The van der Waals surface area contributed by atoms with Gasteiger partial charge in [-0.05, 0) is 53.7 Å². The van der Waals surface area contributed by atoms with Crippen LogP contribution in [0.25, 0.3) is 0 Å². The number of halogens is 2. The Morgan fingerprint density at radius 3 is 2.84 bits per heavy atom. The van der Waals surface area contributed by atoms with Crippen molar-refractivity contribution in [2.75, 3.05) is 12.3 Å². The lowest BCUT2D eigenvalue weighted by Crippen LogP contribution is -2.46. The topological polar surface area (TPSA) is 46.3 Å². The smallest absolute Gasteiger partial charge is 0.255 e. The summed E-state index contributed by atoms with van der Waals surface area (Å²) in [7, 11) is 0. The number of amides is 1. The van der Waals surface area contributed by atoms with E-state index in [1.165, 1.54) is 12.1 Å². The predicted molar refractivity (Wildman–Crippen MR) is 77.4 cm³/mol. The van der Waals surface area contributed by atoms with E-state index in [2.05, 4.69) is 29.8 Å². The first-order valence-corrected chi connectivity index (χ1v) is 7.26. The molecule has 2 unspecified atom stereocenters. The summed E-state index contributed by atoms with van der Waals surface area (Å²) >= 11 is 3.24. The molecule has 3 nitrogen and oxygen atoms in total. The van der Waals surface area contributed by atoms with Gasteiger partial charge in [-0.15, -0.1) is 0 Å². The quantitative estimate of drug-likeness (QED) is 0.803. The summed E-state index contributed by atoms with van der Waals surface area (Å²) in [6, 6.07) is 2.85. The zero-order valence-corrected chi connectivity index (χ0v) is 12.7. The number of rotatable bonds is 1. The molecule has 2 N–H and O–H groups in total. The third-order valence-electron chi connectivity index (χ3n) is 3.95. The highest BCUT2D eigenvalue weighted by molar-refractivity contribution is 9.10. The van der Waals surface area contributed by atoms with Crippen molar-refractivity contribution in [2.45, 2.75) is 32.7 Å². The number of likely N-dealkylation sites (tertiary alicyclic amines) is 1. The maximum atomic E-state index is 13.3. The van der Waals surface area contributed by atoms with Crippen LogP contribution in [0, 0.1) is 11.7 Å². The van der Waals surface area contributed by atoms with E-state index in [0.717, 1.165) is 19.4 Å². The van der Waals surface area contributed by atoms with E-state index in [1.807, 2.05) is 4.90 Å². The Hall–Kier alpha value is -1.10. The highest BCUT2D eigenvalue weighted by Gasteiger charge is 2.30. The third kappa shape index (κ3) is 2.76. The molecule has 19 heavy (non-hydrogen) atoms. The van der Waals surface area contributed by atoms with Gasteiger partial charge in [-0.1, -0.05) is 6.92 Å².